The minimum atomic E-state index is -0.386. The number of morpholine rings is 1. The molecule has 9 heteroatoms. The van der Waals surface area contributed by atoms with E-state index in [1.54, 1.807) is 12.4 Å². The van der Waals surface area contributed by atoms with Gasteiger partial charge in [0, 0.05) is 54.3 Å². The first-order valence-electron chi connectivity index (χ1n) is 11.1. The van der Waals surface area contributed by atoms with Gasteiger partial charge in [0.15, 0.2) is 0 Å². The van der Waals surface area contributed by atoms with Crippen molar-refractivity contribution in [1.82, 2.24) is 15.0 Å². The van der Waals surface area contributed by atoms with Crippen molar-refractivity contribution < 1.29 is 14.2 Å². The van der Waals surface area contributed by atoms with Crippen molar-refractivity contribution in [3.05, 3.63) is 53.6 Å². The maximum Gasteiger partial charge on any atom is 0.227 e. The zero-order chi connectivity index (χ0) is 23.0. The van der Waals surface area contributed by atoms with Gasteiger partial charge in [-0.1, -0.05) is 6.92 Å². The van der Waals surface area contributed by atoms with E-state index in [2.05, 4.69) is 25.6 Å². The third-order valence-corrected chi connectivity index (χ3v) is 6.38. The van der Waals surface area contributed by atoms with Gasteiger partial charge in [0.25, 0.3) is 0 Å². The van der Waals surface area contributed by atoms with Gasteiger partial charge in [-0.15, -0.1) is 0 Å². The molecule has 1 saturated heterocycles. The Bertz CT molecular complexity index is 1180. The van der Waals surface area contributed by atoms with E-state index >= 15 is 0 Å². The SMILES string of the molecule is Cc1cc(N2CCOCC2)c(F)cc1Nc1nccc(-c2cnc3c(c2)C(C)(CO)CN3)n1. The molecule has 172 valence electrons. The van der Waals surface area contributed by atoms with Crippen LogP contribution in [0.5, 0.6) is 0 Å². The number of aromatic nitrogens is 3. The van der Waals surface area contributed by atoms with Crippen LogP contribution in [-0.4, -0.2) is 59.5 Å². The highest BCUT2D eigenvalue weighted by Gasteiger charge is 2.35. The Balaban J connectivity index is 1.41. The Morgan fingerprint density at radius 3 is 2.85 bits per heavy atom. The Morgan fingerprint density at radius 2 is 2.06 bits per heavy atom. The van der Waals surface area contributed by atoms with Crippen LogP contribution in [0.25, 0.3) is 11.3 Å². The molecule has 4 heterocycles. The Kier molecular flexibility index (Phi) is 5.59. The lowest BCUT2D eigenvalue weighted by Crippen LogP contribution is -2.36. The summed E-state index contributed by atoms with van der Waals surface area (Å²) in [5.74, 6) is 0.867. The fourth-order valence-electron chi connectivity index (χ4n) is 4.27. The van der Waals surface area contributed by atoms with E-state index in [9.17, 15) is 9.50 Å². The summed E-state index contributed by atoms with van der Waals surface area (Å²) in [7, 11) is 0. The largest absolute Gasteiger partial charge is 0.395 e. The van der Waals surface area contributed by atoms with E-state index in [-0.39, 0.29) is 17.8 Å². The lowest BCUT2D eigenvalue weighted by Gasteiger charge is -2.29. The lowest BCUT2D eigenvalue weighted by atomic mass is 9.85. The number of hydrogen-bond donors (Lipinski definition) is 3. The molecule has 1 unspecified atom stereocenters. The molecule has 33 heavy (non-hydrogen) atoms. The molecule has 2 aromatic heterocycles. The molecule has 2 aliphatic heterocycles. The van der Waals surface area contributed by atoms with Crippen molar-refractivity contribution in [2.45, 2.75) is 19.3 Å². The molecule has 0 radical (unpaired) electrons. The first kappa shape index (κ1) is 21.5. The topological polar surface area (TPSA) is 95.4 Å². The molecule has 8 nitrogen and oxygen atoms in total. The van der Waals surface area contributed by atoms with Gasteiger partial charge in [0.05, 0.1) is 31.2 Å². The molecule has 3 N–H and O–H groups in total. The summed E-state index contributed by atoms with van der Waals surface area (Å²) in [6, 6.07) is 7.15. The molecule has 0 saturated carbocycles. The highest BCUT2D eigenvalue weighted by Crippen LogP contribution is 2.37. The van der Waals surface area contributed by atoms with Gasteiger partial charge in [-0.2, -0.15) is 0 Å². The van der Waals surface area contributed by atoms with Crippen molar-refractivity contribution in [3.63, 3.8) is 0 Å². The van der Waals surface area contributed by atoms with Gasteiger partial charge in [0.2, 0.25) is 5.95 Å². The first-order chi connectivity index (χ1) is 16.0. The van der Waals surface area contributed by atoms with Crippen LogP contribution in [0.4, 0.5) is 27.5 Å². The molecule has 0 spiro atoms. The second-order valence-corrected chi connectivity index (χ2v) is 8.80. The van der Waals surface area contributed by atoms with Crippen molar-refractivity contribution >= 4 is 23.1 Å². The number of fused-ring (bicyclic) bond motifs is 1. The van der Waals surface area contributed by atoms with E-state index in [0.717, 1.165) is 22.5 Å². The van der Waals surface area contributed by atoms with Crippen LogP contribution < -0.4 is 15.5 Å². The summed E-state index contributed by atoms with van der Waals surface area (Å²) in [4.78, 5) is 15.5. The highest BCUT2D eigenvalue weighted by molar-refractivity contribution is 5.69. The predicted octanol–water partition coefficient (Wildman–Crippen LogP) is 3.24. The van der Waals surface area contributed by atoms with Crippen LogP contribution in [0.15, 0.2) is 36.7 Å². The summed E-state index contributed by atoms with van der Waals surface area (Å²) in [6.45, 7) is 7.15. The predicted molar refractivity (Wildman–Crippen MR) is 126 cm³/mol. The normalized spacial score (nSPS) is 19.8. The molecule has 0 amide bonds. The molecule has 0 bridgehead atoms. The number of halogens is 1. The molecule has 1 atom stereocenters. The zero-order valence-corrected chi connectivity index (χ0v) is 18.7. The maximum atomic E-state index is 14.9. The number of aryl methyl sites for hydroxylation is 1. The van der Waals surface area contributed by atoms with Crippen molar-refractivity contribution in [3.8, 4) is 11.3 Å². The quantitative estimate of drug-likeness (QED) is 0.545. The van der Waals surface area contributed by atoms with Crippen LogP contribution >= 0.6 is 0 Å². The number of hydrogen-bond acceptors (Lipinski definition) is 8. The number of benzene rings is 1. The van der Waals surface area contributed by atoms with Gasteiger partial charge in [-0.25, -0.2) is 19.3 Å². The Labute approximate surface area is 191 Å². The summed E-state index contributed by atoms with van der Waals surface area (Å²) in [5.41, 5.74) is 4.20. The second-order valence-electron chi connectivity index (χ2n) is 8.80. The molecular weight excluding hydrogens is 423 g/mol. The standard InChI is InChI=1S/C24H27FN6O2/c1-15-9-21(31-5-7-33-8-6-31)18(25)11-20(15)30-23-26-4-3-19(29-23)16-10-17-22(27-12-16)28-13-24(17,2)14-32/h3-4,9-12,32H,5-8,13-14H2,1-2H3,(H,27,28)(H,26,29,30). The maximum absolute atomic E-state index is 14.9. The summed E-state index contributed by atoms with van der Waals surface area (Å²) in [5, 5.41) is 16.2. The molecular formula is C24H27FN6O2. The van der Waals surface area contributed by atoms with Gasteiger partial charge in [0.1, 0.15) is 11.6 Å². The minimum Gasteiger partial charge on any atom is -0.395 e. The zero-order valence-electron chi connectivity index (χ0n) is 18.7. The van der Waals surface area contributed by atoms with E-state index in [4.69, 9.17) is 4.74 Å². The average Bonchev–Trinajstić information content (AvgIpc) is 3.18. The number of pyridine rings is 1. The number of aliphatic hydroxyl groups excluding tert-OH is 1. The summed E-state index contributed by atoms with van der Waals surface area (Å²) >= 11 is 0. The van der Waals surface area contributed by atoms with Crippen LogP contribution in [-0.2, 0) is 10.2 Å². The summed E-state index contributed by atoms with van der Waals surface area (Å²) in [6.07, 6.45) is 3.41. The average molecular weight is 451 g/mol. The van der Waals surface area contributed by atoms with Crippen molar-refractivity contribution in [2.75, 3.05) is 55.0 Å². The molecule has 3 aromatic rings. The molecule has 1 aromatic carbocycles. The van der Waals surface area contributed by atoms with Crippen LogP contribution in [0.2, 0.25) is 0 Å². The second kappa shape index (κ2) is 8.57. The minimum absolute atomic E-state index is 0.0278. The lowest BCUT2D eigenvalue weighted by molar-refractivity contribution is 0.122. The van der Waals surface area contributed by atoms with Crippen LogP contribution in [0, 0.1) is 12.7 Å². The molecule has 2 aliphatic rings. The fourth-order valence-corrected chi connectivity index (χ4v) is 4.27. The van der Waals surface area contributed by atoms with Crippen molar-refractivity contribution in [2.24, 2.45) is 0 Å². The summed E-state index contributed by atoms with van der Waals surface area (Å²) < 4.78 is 20.3. The molecule has 5 rings (SSSR count). The smallest absolute Gasteiger partial charge is 0.227 e. The Hall–Kier alpha value is -3.30. The van der Waals surface area contributed by atoms with E-state index in [0.29, 0.717) is 55.9 Å². The van der Waals surface area contributed by atoms with Gasteiger partial charge in [-0.3, -0.25) is 0 Å². The van der Waals surface area contributed by atoms with Gasteiger partial charge < -0.3 is 25.4 Å². The number of nitrogens with zero attached hydrogens (tertiary/aromatic N) is 4. The Morgan fingerprint density at radius 1 is 1.24 bits per heavy atom. The first-order valence-corrected chi connectivity index (χ1v) is 11.1. The van der Waals surface area contributed by atoms with E-state index in [1.807, 2.05) is 36.9 Å². The van der Waals surface area contributed by atoms with Gasteiger partial charge >= 0.3 is 0 Å². The third-order valence-electron chi connectivity index (χ3n) is 6.38. The number of nitrogens with one attached hydrogen (secondary N) is 2. The third kappa shape index (κ3) is 4.09. The number of rotatable bonds is 5. The number of anilines is 4. The monoisotopic (exact) mass is 450 g/mol. The van der Waals surface area contributed by atoms with Gasteiger partial charge in [-0.05, 0) is 36.8 Å². The molecule has 1 fully saturated rings. The van der Waals surface area contributed by atoms with Crippen molar-refractivity contribution in [1.29, 1.82) is 0 Å². The van der Waals surface area contributed by atoms with Crippen LogP contribution in [0.3, 0.4) is 0 Å². The molecule has 0 aliphatic carbocycles. The van der Waals surface area contributed by atoms with E-state index < -0.39 is 0 Å². The highest BCUT2D eigenvalue weighted by atomic mass is 19.1. The number of ether oxygens (including phenoxy) is 1. The fraction of sp³-hybridized carbons (Fsp3) is 0.375. The van der Waals surface area contributed by atoms with E-state index in [1.165, 1.54) is 6.07 Å². The number of aliphatic hydroxyl groups is 1. The van der Waals surface area contributed by atoms with Crippen LogP contribution in [0.1, 0.15) is 18.1 Å².